The van der Waals surface area contributed by atoms with Crippen LogP contribution >= 0.6 is 0 Å². The van der Waals surface area contributed by atoms with Crippen molar-refractivity contribution in [1.82, 2.24) is 10.9 Å². The molecule has 0 aromatic heterocycles. The maximum atomic E-state index is 11.4. The monoisotopic (exact) mass is 265 g/mol. The van der Waals surface area contributed by atoms with E-state index in [0.717, 1.165) is 11.3 Å². The van der Waals surface area contributed by atoms with E-state index in [4.69, 9.17) is 10.5 Å². The van der Waals surface area contributed by atoms with Gasteiger partial charge in [-0.25, -0.2) is 0 Å². The molecule has 1 rings (SSSR count). The number of hydrogen-bond donors (Lipinski definition) is 3. The standard InChI is InChI=1S/C13H19N3O3/c1-9-5-3-4-6-11(9)19-8-7-12(17)15-16-13(18)10(2)14/h3-6,10H,7-8,14H2,1-2H3,(H,15,17)(H,16,18). The van der Waals surface area contributed by atoms with Crippen molar-refractivity contribution < 1.29 is 14.3 Å². The van der Waals surface area contributed by atoms with Crippen LogP contribution in [0.15, 0.2) is 24.3 Å². The van der Waals surface area contributed by atoms with Gasteiger partial charge in [0.25, 0.3) is 5.91 Å². The van der Waals surface area contributed by atoms with Crippen molar-refractivity contribution in [3.05, 3.63) is 29.8 Å². The molecule has 1 unspecified atom stereocenters. The van der Waals surface area contributed by atoms with E-state index in [1.807, 2.05) is 31.2 Å². The molecule has 6 heteroatoms. The highest BCUT2D eigenvalue weighted by atomic mass is 16.5. The van der Waals surface area contributed by atoms with E-state index in [2.05, 4.69) is 10.9 Å². The highest BCUT2D eigenvalue weighted by Gasteiger charge is 2.08. The van der Waals surface area contributed by atoms with Crippen LogP contribution in [-0.4, -0.2) is 24.5 Å². The molecule has 0 aliphatic rings. The molecule has 4 N–H and O–H groups in total. The predicted octanol–water partition coefficient (Wildman–Crippen LogP) is 0.259. The van der Waals surface area contributed by atoms with Gasteiger partial charge < -0.3 is 10.5 Å². The molecule has 1 aromatic rings. The molecule has 0 bridgehead atoms. The molecule has 104 valence electrons. The lowest BCUT2D eigenvalue weighted by molar-refractivity contribution is -0.129. The Kier molecular flexibility index (Phi) is 5.81. The van der Waals surface area contributed by atoms with Gasteiger partial charge in [0.15, 0.2) is 0 Å². The van der Waals surface area contributed by atoms with Crippen molar-refractivity contribution >= 4 is 11.8 Å². The fourth-order valence-corrected chi connectivity index (χ4v) is 1.28. The summed E-state index contributed by atoms with van der Waals surface area (Å²) >= 11 is 0. The first-order chi connectivity index (χ1) is 9.00. The second-order valence-corrected chi connectivity index (χ2v) is 4.19. The topological polar surface area (TPSA) is 93.5 Å². The second kappa shape index (κ2) is 7.38. The molecule has 0 fully saturated rings. The van der Waals surface area contributed by atoms with Crippen LogP contribution in [0.2, 0.25) is 0 Å². The van der Waals surface area contributed by atoms with Gasteiger partial charge in [0.2, 0.25) is 5.91 Å². The molecule has 1 atom stereocenters. The summed E-state index contributed by atoms with van der Waals surface area (Å²) in [4.78, 5) is 22.5. The summed E-state index contributed by atoms with van der Waals surface area (Å²) < 4.78 is 5.46. The van der Waals surface area contributed by atoms with Gasteiger partial charge in [-0.3, -0.25) is 20.4 Å². The largest absolute Gasteiger partial charge is 0.493 e. The van der Waals surface area contributed by atoms with Gasteiger partial charge >= 0.3 is 0 Å². The molecular formula is C13H19N3O3. The number of para-hydroxylation sites is 1. The van der Waals surface area contributed by atoms with Gasteiger partial charge in [0.1, 0.15) is 5.75 Å². The van der Waals surface area contributed by atoms with Gasteiger partial charge in [-0.05, 0) is 25.5 Å². The molecule has 19 heavy (non-hydrogen) atoms. The lowest BCUT2D eigenvalue weighted by atomic mass is 10.2. The Labute approximate surface area is 112 Å². The first-order valence-corrected chi connectivity index (χ1v) is 6.03. The third kappa shape index (κ3) is 5.39. The van der Waals surface area contributed by atoms with Crippen molar-refractivity contribution in [1.29, 1.82) is 0 Å². The van der Waals surface area contributed by atoms with E-state index < -0.39 is 11.9 Å². The Morgan fingerprint density at radius 2 is 2.00 bits per heavy atom. The number of nitrogens with two attached hydrogens (primary N) is 1. The molecule has 1 aromatic carbocycles. The van der Waals surface area contributed by atoms with Crippen molar-refractivity contribution in [3.63, 3.8) is 0 Å². The number of aryl methyl sites for hydroxylation is 1. The summed E-state index contributed by atoms with van der Waals surface area (Å²) in [6.45, 7) is 3.70. The van der Waals surface area contributed by atoms with Gasteiger partial charge in [0.05, 0.1) is 19.1 Å². The predicted molar refractivity (Wildman–Crippen MR) is 71.2 cm³/mol. The Morgan fingerprint density at radius 3 is 2.63 bits per heavy atom. The van der Waals surface area contributed by atoms with Crippen LogP contribution in [0, 0.1) is 6.92 Å². The molecule has 0 saturated carbocycles. The summed E-state index contributed by atoms with van der Waals surface area (Å²) in [6.07, 6.45) is 0.146. The summed E-state index contributed by atoms with van der Waals surface area (Å²) in [5.41, 5.74) is 10.8. The van der Waals surface area contributed by atoms with Crippen molar-refractivity contribution in [2.24, 2.45) is 5.73 Å². The minimum atomic E-state index is -0.663. The van der Waals surface area contributed by atoms with Crippen LogP contribution in [-0.2, 0) is 9.59 Å². The fraction of sp³-hybridized carbons (Fsp3) is 0.385. The van der Waals surface area contributed by atoms with Crippen LogP contribution in [0.4, 0.5) is 0 Å². The normalized spacial score (nSPS) is 11.5. The smallest absolute Gasteiger partial charge is 0.254 e. The average Bonchev–Trinajstić information content (AvgIpc) is 2.38. The minimum absolute atomic E-state index is 0.146. The second-order valence-electron chi connectivity index (χ2n) is 4.19. The van der Waals surface area contributed by atoms with E-state index in [1.54, 1.807) is 0 Å². The van der Waals surface area contributed by atoms with Gasteiger partial charge in [-0.2, -0.15) is 0 Å². The summed E-state index contributed by atoms with van der Waals surface area (Å²) in [6, 6.07) is 6.89. The highest BCUT2D eigenvalue weighted by Crippen LogP contribution is 2.15. The number of hydrogen-bond acceptors (Lipinski definition) is 4. The van der Waals surface area contributed by atoms with E-state index >= 15 is 0 Å². The molecule has 2 amide bonds. The molecule has 0 spiro atoms. The lowest BCUT2D eigenvalue weighted by Gasteiger charge is -2.10. The third-order valence-corrected chi connectivity index (χ3v) is 2.42. The van der Waals surface area contributed by atoms with Crippen LogP contribution in [0.25, 0.3) is 0 Å². The van der Waals surface area contributed by atoms with Crippen molar-refractivity contribution in [3.8, 4) is 5.75 Å². The Morgan fingerprint density at radius 1 is 1.32 bits per heavy atom. The lowest BCUT2D eigenvalue weighted by Crippen LogP contribution is -2.48. The van der Waals surface area contributed by atoms with Crippen molar-refractivity contribution in [2.45, 2.75) is 26.3 Å². The molecule has 0 saturated heterocycles. The average molecular weight is 265 g/mol. The number of amides is 2. The first-order valence-electron chi connectivity index (χ1n) is 6.03. The number of carbonyl (C=O) groups is 2. The maximum Gasteiger partial charge on any atom is 0.254 e. The Hall–Kier alpha value is -2.08. The van der Waals surface area contributed by atoms with Crippen molar-refractivity contribution in [2.75, 3.05) is 6.61 Å². The molecule has 0 aliphatic heterocycles. The van der Waals surface area contributed by atoms with Crippen LogP contribution in [0.1, 0.15) is 18.9 Å². The SMILES string of the molecule is Cc1ccccc1OCCC(=O)NNC(=O)C(C)N. The number of rotatable bonds is 5. The molecular weight excluding hydrogens is 246 g/mol. The Bertz CT molecular complexity index is 447. The van der Waals surface area contributed by atoms with Gasteiger partial charge in [-0.1, -0.05) is 18.2 Å². The van der Waals surface area contributed by atoms with Crippen LogP contribution < -0.4 is 21.3 Å². The highest BCUT2D eigenvalue weighted by molar-refractivity contribution is 5.84. The summed E-state index contributed by atoms with van der Waals surface area (Å²) in [5, 5.41) is 0. The van der Waals surface area contributed by atoms with Gasteiger partial charge in [0, 0.05) is 0 Å². The minimum Gasteiger partial charge on any atom is -0.493 e. The maximum absolute atomic E-state index is 11.4. The fourth-order valence-electron chi connectivity index (χ4n) is 1.28. The number of nitrogens with one attached hydrogen (secondary N) is 2. The van der Waals surface area contributed by atoms with E-state index in [-0.39, 0.29) is 18.9 Å². The molecule has 0 aliphatic carbocycles. The van der Waals surface area contributed by atoms with Crippen LogP contribution in [0.5, 0.6) is 5.75 Å². The number of carbonyl (C=O) groups excluding carboxylic acids is 2. The summed E-state index contributed by atoms with van der Waals surface area (Å²) in [7, 11) is 0. The molecule has 6 nitrogen and oxygen atoms in total. The third-order valence-electron chi connectivity index (χ3n) is 2.42. The molecule has 0 heterocycles. The van der Waals surface area contributed by atoms with E-state index in [1.165, 1.54) is 6.92 Å². The summed E-state index contributed by atoms with van der Waals surface area (Å²) in [5.74, 6) is -0.0225. The number of ether oxygens (including phenoxy) is 1. The zero-order chi connectivity index (χ0) is 14.3. The first kappa shape index (κ1) is 15.0. The zero-order valence-electron chi connectivity index (χ0n) is 11.1. The van der Waals surface area contributed by atoms with E-state index in [0.29, 0.717) is 0 Å². The Balaban J connectivity index is 2.24. The van der Waals surface area contributed by atoms with Crippen LogP contribution in [0.3, 0.4) is 0 Å². The number of hydrazine groups is 1. The molecule has 0 radical (unpaired) electrons. The van der Waals surface area contributed by atoms with E-state index in [9.17, 15) is 9.59 Å². The van der Waals surface area contributed by atoms with Gasteiger partial charge in [-0.15, -0.1) is 0 Å². The zero-order valence-corrected chi connectivity index (χ0v) is 11.1. The quantitative estimate of drug-likeness (QED) is 0.666. The number of benzene rings is 1.